The van der Waals surface area contributed by atoms with E-state index >= 15 is 0 Å². The van der Waals surface area contributed by atoms with Crippen molar-refractivity contribution in [2.75, 3.05) is 22.9 Å². The number of pyridine rings is 1. The molecule has 2 aromatic carbocycles. The molecule has 1 fully saturated rings. The quantitative estimate of drug-likeness (QED) is 0.646. The number of hydrogen-bond donors (Lipinski definition) is 0. The molecule has 1 aliphatic carbocycles. The molecule has 0 saturated heterocycles. The van der Waals surface area contributed by atoms with Gasteiger partial charge in [-0.05, 0) is 56.0 Å². The highest BCUT2D eigenvalue weighted by Crippen LogP contribution is 2.40. The highest BCUT2D eigenvalue weighted by Gasteiger charge is 2.36. The number of carbonyl (C=O) groups is 1. The molecule has 3 aromatic rings. The molecule has 31 heavy (non-hydrogen) atoms. The summed E-state index contributed by atoms with van der Waals surface area (Å²) in [6.07, 6.45) is 2.44. The molecule has 1 amide bonds. The highest BCUT2D eigenvalue weighted by molar-refractivity contribution is 6.07. The Morgan fingerprint density at radius 3 is 2.48 bits per heavy atom. The van der Waals surface area contributed by atoms with Crippen molar-refractivity contribution in [1.82, 2.24) is 4.57 Å². The third-order valence-corrected chi connectivity index (χ3v) is 6.38. The van der Waals surface area contributed by atoms with E-state index in [1.807, 2.05) is 36.9 Å². The van der Waals surface area contributed by atoms with Gasteiger partial charge in [0.05, 0.1) is 17.9 Å². The molecule has 1 aliphatic heterocycles. The smallest absolute Gasteiger partial charge is 0.275 e. The second kappa shape index (κ2) is 7.73. The first-order valence-corrected chi connectivity index (χ1v) is 11.0. The van der Waals surface area contributed by atoms with Gasteiger partial charge < -0.3 is 9.80 Å². The second-order valence-corrected chi connectivity index (χ2v) is 8.64. The van der Waals surface area contributed by atoms with Gasteiger partial charge in [-0.15, -0.1) is 0 Å². The molecule has 1 aromatic heterocycles. The van der Waals surface area contributed by atoms with Gasteiger partial charge in [-0.3, -0.25) is 14.2 Å². The van der Waals surface area contributed by atoms with E-state index in [0.29, 0.717) is 24.8 Å². The fraction of sp³-hybridized carbons (Fsp3) is 0.308. The summed E-state index contributed by atoms with van der Waals surface area (Å²) in [5.41, 5.74) is 5.64. The van der Waals surface area contributed by atoms with Crippen LogP contribution in [0.2, 0.25) is 0 Å². The first-order valence-electron chi connectivity index (χ1n) is 11.0. The number of benzene rings is 2. The Bertz CT molecular complexity index is 1210. The summed E-state index contributed by atoms with van der Waals surface area (Å²) in [5.74, 6) is -0.120. The third kappa shape index (κ3) is 3.65. The number of amides is 1. The minimum atomic E-state index is -0.156. The van der Waals surface area contributed by atoms with Gasteiger partial charge in [0, 0.05) is 25.2 Å². The minimum absolute atomic E-state index is 0.120. The van der Waals surface area contributed by atoms with E-state index in [4.69, 9.17) is 0 Å². The molecular weight excluding hydrogens is 386 g/mol. The number of fused-ring (bicyclic) bond motifs is 1. The van der Waals surface area contributed by atoms with Crippen molar-refractivity contribution in [2.45, 2.75) is 39.3 Å². The van der Waals surface area contributed by atoms with Gasteiger partial charge in [0.15, 0.2) is 0 Å². The molecule has 2 heterocycles. The molecule has 158 valence electrons. The number of carbonyl (C=O) groups excluding carboxylic acids is 1. The van der Waals surface area contributed by atoms with E-state index in [0.717, 1.165) is 34.6 Å². The number of aryl methyl sites for hydroxylation is 2. The van der Waals surface area contributed by atoms with Crippen LogP contribution in [0.15, 0.2) is 65.5 Å². The maximum atomic E-state index is 13.7. The molecule has 0 radical (unpaired) electrons. The summed E-state index contributed by atoms with van der Waals surface area (Å²) < 4.78 is 1.61. The Morgan fingerprint density at radius 1 is 0.935 bits per heavy atom. The Kier molecular flexibility index (Phi) is 4.89. The molecule has 0 unspecified atom stereocenters. The lowest BCUT2D eigenvalue weighted by atomic mass is 10.1. The maximum Gasteiger partial charge on any atom is 0.275 e. The van der Waals surface area contributed by atoms with Crippen LogP contribution in [0.4, 0.5) is 11.4 Å². The fourth-order valence-electron chi connectivity index (χ4n) is 4.51. The summed E-state index contributed by atoms with van der Waals surface area (Å²) in [5, 5.41) is 0. The fourth-order valence-corrected chi connectivity index (χ4v) is 4.51. The molecule has 1 saturated carbocycles. The first-order chi connectivity index (χ1) is 15.0. The number of hydrogen-bond acceptors (Lipinski definition) is 3. The van der Waals surface area contributed by atoms with Crippen LogP contribution in [0.25, 0.3) is 0 Å². The van der Waals surface area contributed by atoms with Crippen LogP contribution in [0, 0.1) is 13.8 Å². The topological polar surface area (TPSA) is 45.6 Å². The van der Waals surface area contributed by atoms with Crippen LogP contribution >= 0.6 is 0 Å². The largest absolute Gasteiger partial charge is 0.365 e. The van der Waals surface area contributed by atoms with Gasteiger partial charge in [-0.25, -0.2) is 0 Å². The molecule has 0 N–H and O–H groups in total. The van der Waals surface area contributed by atoms with Crippen molar-refractivity contribution in [3.8, 4) is 0 Å². The lowest BCUT2D eigenvalue weighted by molar-refractivity contribution is 0.0976. The number of para-hydroxylation sites is 2. The monoisotopic (exact) mass is 413 g/mol. The zero-order valence-electron chi connectivity index (χ0n) is 18.0. The molecule has 0 atom stereocenters. The predicted octanol–water partition coefficient (Wildman–Crippen LogP) is 4.14. The third-order valence-electron chi connectivity index (χ3n) is 6.38. The Labute approximate surface area is 182 Å². The SMILES string of the molecule is Cc1ccc(C)c(Cn2c(C(=O)N3CCN(C4CC4)c4ccccc43)cccc2=O)c1. The normalized spacial score (nSPS) is 15.7. The van der Waals surface area contributed by atoms with Gasteiger partial charge in [-0.2, -0.15) is 0 Å². The molecule has 5 rings (SSSR count). The van der Waals surface area contributed by atoms with E-state index in [2.05, 4.69) is 29.2 Å². The van der Waals surface area contributed by atoms with Crippen molar-refractivity contribution < 1.29 is 4.79 Å². The van der Waals surface area contributed by atoms with E-state index in [1.165, 1.54) is 18.9 Å². The van der Waals surface area contributed by atoms with Crippen molar-refractivity contribution in [1.29, 1.82) is 0 Å². The van der Waals surface area contributed by atoms with Crippen LogP contribution in [-0.4, -0.2) is 29.6 Å². The summed E-state index contributed by atoms with van der Waals surface area (Å²) >= 11 is 0. The molecule has 2 aliphatic rings. The van der Waals surface area contributed by atoms with Gasteiger partial charge in [-0.1, -0.05) is 42.0 Å². The lowest BCUT2D eigenvalue weighted by Gasteiger charge is -2.38. The first kappa shape index (κ1) is 19.6. The van der Waals surface area contributed by atoms with Gasteiger partial charge in [0.25, 0.3) is 11.5 Å². The maximum absolute atomic E-state index is 13.7. The number of rotatable bonds is 4. The van der Waals surface area contributed by atoms with Crippen LogP contribution in [0.1, 0.15) is 40.0 Å². The summed E-state index contributed by atoms with van der Waals surface area (Å²) in [7, 11) is 0. The van der Waals surface area contributed by atoms with Crippen molar-refractivity contribution in [2.24, 2.45) is 0 Å². The number of aromatic nitrogens is 1. The molecular formula is C26H27N3O2. The summed E-state index contributed by atoms with van der Waals surface area (Å²) in [4.78, 5) is 30.8. The molecule has 0 bridgehead atoms. The van der Waals surface area contributed by atoms with Crippen LogP contribution in [0.3, 0.4) is 0 Å². The van der Waals surface area contributed by atoms with Crippen molar-refractivity contribution >= 4 is 17.3 Å². The minimum Gasteiger partial charge on any atom is -0.365 e. The highest BCUT2D eigenvalue weighted by atomic mass is 16.2. The second-order valence-electron chi connectivity index (χ2n) is 8.64. The zero-order chi connectivity index (χ0) is 21.5. The van der Waals surface area contributed by atoms with Gasteiger partial charge in [0.1, 0.15) is 5.69 Å². The Morgan fingerprint density at radius 2 is 1.71 bits per heavy atom. The Balaban J connectivity index is 1.53. The van der Waals surface area contributed by atoms with Crippen LogP contribution in [-0.2, 0) is 6.54 Å². The molecule has 5 nitrogen and oxygen atoms in total. The van der Waals surface area contributed by atoms with E-state index < -0.39 is 0 Å². The van der Waals surface area contributed by atoms with Crippen molar-refractivity contribution in [3.05, 3.63) is 93.4 Å². The Hall–Kier alpha value is -3.34. The predicted molar refractivity (Wildman–Crippen MR) is 124 cm³/mol. The van der Waals surface area contributed by atoms with Gasteiger partial charge in [0.2, 0.25) is 0 Å². The van der Waals surface area contributed by atoms with E-state index in [1.54, 1.807) is 16.7 Å². The summed E-state index contributed by atoms with van der Waals surface area (Å²) in [6.45, 7) is 5.91. The standard InChI is InChI=1S/C26H27N3O2/c1-18-10-11-19(2)20(16-18)17-29-24(8-5-9-25(29)30)26(31)28-15-14-27(21-12-13-21)22-6-3-4-7-23(22)28/h3-11,16,21H,12-15,17H2,1-2H3. The van der Waals surface area contributed by atoms with Gasteiger partial charge >= 0.3 is 0 Å². The van der Waals surface area contributed by atoms with Crippen LogP contribution in [0.5, 0.6) is 0 Å². The molecule has 5 heteroatoms. The van der Waals surface area contributed by atoms with Crippen molar-refractivity contribution in [3.63, 3.8) is 0 Å². The molecule has 0 spiro atoms. The average molecular weight is 414 g/mol. The summed E-state index contributed by atoms with van der Waals surface area (Å²) in [6, 6.07) is 19.9. The van der Waals surface area contributed by atoms with E-state index in [9.17, 15) is 9.59 Å². The number of nitrogens with zero attached hydrogens (tertiary/aromatic N) is 3. The lowest BCUT2D eigenvalue weighted by Crippen LogP contribution is -2.46. The van der Waals surface area contributed by atoms with E-state index in [-0.39, 0.29) is 11.5 Å². The number of anilines is 2. The van der Waals surface area contributed by atoms with Crippen LogP contribution < -0.4 is 15.4 Å². The average Bonchev–Trinajstić information content (AvgIpc) is 3.61. The zero-order valence-corrected chi connectivity index (χ0v) is 18.0.